The Morgan fingerprint density at radius 2 is 0.521 bits per heavy atom. The molecule has 4 fully saturated rings. The molecule has 44 heteroatoms. The van der Waals surface area contributed by atoms with Gasteiger partial charge in [-0.1, -0.05) is 0 Å². The second-order valence-corrected chi connectivity index (χ2v) is 33.6. The smallest absolute Gasteiger partial charge is 0.413 e. The number of aromatic nitrogens is 8. The number of amides is 4. The first-order valence-corrected chi connectivity index (χ1v) is 45.1. The average molecular weight is 1930 g/mol. The number of methoxy groups -OCH3 is 4. The lowest BCUT2D eigenvalue weighted by atomic mass is 9.97. The Hall–Kier alpha value is -14.8. The first-order valence-electron chi connectivity index (χ1n) is 45.1. The fraction of sp³-hybridized carbons (Fsp3) is 0.375. The van der Waals surface area contributed by atoms with Crippen LogP contribution in [-0.4, -0.2) is 247 Å². The highest BCUT2D eigenvalue weighted by atomic mass is 19.1. The van der Waals surface area contributed by atoms with Crippen LogP contribution in [-0.2, 0) is 56.8 Å². The summed E-state index contributed by atoms with van der Waals surface area (Å²) >= 11 is 0. The fourth-order valence-corrected chi connectivity index (χ4v) is 17.5. The van der Waals surface area contributed by atoms with E-state index in [0.29, 0.717) is 242 Å². The molecule has 4 saturated heterocycles. The summed E-state index contributed by atoms with van der Waals surface area (Å²) in [4.78, 5) is 84.1. The van der Waals surface area contributed by atoms with E-state index in [1.807, 2.05) is 27.7 Å². The molecule has 736 valence electrons. The van der Waals surface area contributed by atoms with Crippen molar-refractivity contribution >= 4 is 136 Å². The Labute approximate surface area is 798 Å². The molecule has 8 atom stereocenters. The molecule has 8 aliphatic rings. The Balaban J connectivity index is 0.000000129. The van der Waals surface area contributed by atoms with Gasteiger partial charge in [-0.2, -0.15) is 0 Å². The van der Waals surface area contributed by atoms with Crippen LogP contribution in [0, 0.1) is 51.0 Å². The molecule has 16 N–H and O–H groups in total. The fourth-order valence-electron chi connectivity index (χ4n) is 17.5. The molecule has 12 aromatic rings. The van der Waals surface area contributed by atoms with Crippen molar-refractivity contribution in [1.82, 2.24) is 39.9 Å². The molecule has 140 heavy (non-hydrogen) atoms. The molecule has 16 heterocycles. The van der Waals surface area contributed by atoms with Gasteiger partial charge in [0.05, 0.1) is 75.6 Å². The number of carbonyl (C=O) groups excluding carboxylic acids is 4. The van der Waals surface area contributed by atoms with Gasteiger partial charge in [0.2, 0.25) is 23.5 Å². The van der Waals surface area contributed by atoms with E-state index < -0.39 is 72.1 Å². The number of nitrogens with two attached hydrogens (primary N) is 4. The highest BCUT2D eigenvalue weighted by molar-refractivity contribution is 6.04. The Kier molecular flexibility index (Phi) is 29.8. The van der Waals surface area contributed by atoms with Gasteiger partial charge in [0.25, 0.3) is 0 Å². The average Bonchev–Trinajstić information content (AvgIpc) is 0.770. The van der Waals surface area contributed by atoms with Crippen molar-refractivity contribution in [3.63, 3.8) is 0 Å². The van der Waals surface area contributed by atoms with E-state index in [0.717, 1.165) is 45.0 Å². The van der Waals surface area contributed by atoms with Gasteiger partial charge < -0.3 is 120 Å². The highest BCUT2D eigenvalue weighted by Gasteiger charge is 2.36. The van der Waals surface area contributed by atoms with Gasteiger partial charge in [0.15, 0.2) is 23.3 Å². The zero-order chi connectivity index (χ0) is 98.1. The Morgan fingerprint density at radius 3 is 0.729 bits per heavy atom. The van der Waals surface area contributed by atoms with Crippen LogP contribution in [0.2, 0.25) is 0 Å². The summed E-state index contributed by atoms with van der Waals surface area (Å²) < 4.78 is 148. The lowest BCUT2D eigenvalue weighted by molar-refractivity contribution is -0.103. The maximum absolute atomic E-state index is 15.3. The SMILES string of the molecule is CO[C@@H]1COCC[C@@H]1OC(=O)Nc1cc2cc(-c3cnc4c(c3C)NCCO4)c(F)c(N)c2cn1.CO[C@@H]1COCC[C@H]1OC(=O)Nc1cc2cc(-c3cnc4c(c3C)NCCO4)c(F)c(N)c2cn1.CO[C@H]1COCC[C@@H]1OC(=O)Nc1cc2cc(-c3cnc4c(c3C)NCCO4)c(F)c(N)c2cn1.CO[C@H]1COCC[C@H]1OC(=O)Nc1cc2cc(-c3cnc4c(c3C)NCCO4)c(F)c(N)c2cn1. The van der Waals surface area contributed by atoms with Crippen LogP contribution in [0.5, 0.6) is 23.5 Å². The second-order valence-electron chi connectivity index (χ2n) is 33.6. The highest BCUT2D eigenvalue weighted by Crippen LogP contribution is 2.46. The topological polar surface area (TPSA) is 519 Å². The zero-order valence-electron chi connectivity index (χ0n) is 77.6. The number of benzene rings is 4. The van der Waals surface area contributed by atoms with Crippen molar-refractivity contribution in [1.29, 1.82) is 0 Å². The summed E-state index contributed by atoms with van der Waals surface area (Å²) in [5.41, 5.74) is 34.0. The molecule has 0 radical (unpaired) electrons. The van der Waals surface area contributed by atoms with Gasteiger partial charge in [-0.3, -0.25) is 21.3 Å². The maximum atomic E-state index is 15.3. The van der Waals surface area contributed by atoms with Crippen LogP contribution in [0.3, 0.4) is 0 Å². The van der Waals surface area contributed by atoms with E-state index in [-0.39, 0.29) is 70.4 Å². The van der Waals surface area contributed by atoms with Crippen LogP contribution in [0.4, 0.5) is 106 Å². The maximum Gasteiger partial charge on any atom is 0.413 e. The molecule has 4 amide bonds. The van der Waals surface area contributed by atoms with Crippen molar-refractivity contribution in [3.05, 3.63) is 144 Å². The molecule has 0 spiro atoms. The summed E-state index contributed by atoms with van der Waals surface area (Å²) in [7, 11) is 6.18. The molecule has 0 bridgehead atoms. The summed E-state index contributed by atoms with van der Waals surface area (Å²) in [6, 6.07) is 13.1. The number of halogens is 4. The number of ether oxygens (including phenoxy) is 16. The number of fused-ring (bicyclic) bond motifs is 8. The number of hydrogen-bond acceptors (Lipinski definition) is 36. The second kappa shape index (κ2) is 43.1. The van der Waals surface area contributed by atoms with E-state index in [2.05, 4.69) is 82.4 Å². The number of nitrogen functional groups attached to an aromatic ring is 4. The largest absolute Gasteiger partial charge is 0.474 e. The van der Waals surface area contributed by atoms with Crippen molar-refractivity contribution in [2.45, 2.75) is 102 Å². The molecule has 40 nitrogen and oxygen atoms in total. The van der Waals surface area contributed by atoms with Crippen molar-refractivity contribution in [2.24, 2.45) is 0 Å². The summed E-state index contributed by atoms with van der Waals surface area (Å²) in [6.45, 7) is 15.5. The van der Waals surface area contributed by atoms with Gasteiger partial charge in [0.1, 0.15) is 121 Å². The lowest BCUT2D eigenvalue weighted by Gasteiger charge is -2.29. The zero-order valence-corrected chi connectivity index (χ0v) is 77.6. The number of hydrogen-bond donors (Lipinski definition) is 12. The number of nitrogens with one attached hydrogen (secondary N) is 8. The van der Waals surface area contributed by atoms with Gasteiger partial charge in [-0.05, 0) is 120 Å². The predicted octanol–water partition coefficient (Wildman–Crippen LogP) is 13.9. The van der Waals surface area contributed by atoms with Crippen LogP contribution in [0.1, 0.15) is 47.9 Å². The van der Waals surface area contributed by atoms with Crippen molar-refractivity contribution in [3.8, 4) is 68.0 Å². The predicted molar refractivity (Wildman–Crippen MR) is 513 cm³/mol. The van der Waals surface area contributed by atoms with E-state index in [1.165, 1.54) is 24.8 Å². The third-order valence-corrected chi connectivity index (χ3v) is 25.1. The van der Waals surface area contributed by atoms with Gasteiger partial charge in [-0.25, -0.2) is 76.6 Å². The normalized spacial score (nSPS) is 19.4. The molecule has 4 aromatic carbocycles. The molecule has 20 rings (SSSR count). The third-order valence-electron chi connectivity index (χ3n) is 25.1. The number of pyridine rings is 8. The molecule has 8 aliphatic heterocycles. The van der Waals surface area contributed by atoms with Crippen molar-refractivity contribution in [2.75, 3.05) is 199 Å². The summed E-state index contributed by atoms with van der Waals surface area (Å²) in [5, 5.41) is 27.7. The minimum atomic E-state index is -0.665. The van der Waals surface area contributed by atoms with Crippen LogP contribution in [0.25, 0.3) is 87.6 Å². The van der Waals surface area contributed by atoms with Crippen LogP contribution in [0.15, 0.2) is 98.1 Å². The first-order chi connectivity index (χ1) is 67.8. The van der Waals surface area contributed by atoms with E-state index >= 15 is 17.6 Å². The third kappa shape index (κ3) is 20.8. The van der Waals surface area contributed by atoms with Gasteiger partial charge >= 0.3 is 24.4 Å². The summed E-state index contributed by atoms with van der Waals surface area (Å²) in [6.07, 6.45) is 8.40. The number of anilines is 12. The standard InChI is InChI=1S/4C24H26FN5O5/c4*1-12-15(9-29-23-22(12)27-4-6-34-23)14-7-13-8-19(28-10-16(13)21(26)20(14)25)30-24(31)35-17-3-5-33-11-18(17)32-2/h4*7-10,17-18,27H,3-6,11,26H2,1-2H3,(H,28,30,31)/t2*17-,18+;2*17-,18-/m1010/s1. The molecular weight excluding hydrogens is 1830 g/mol. The Morgan fingerprint density at radius 1 is 0.307 bits per heavy atom. The molecule has 0 unspecified atom stereocenters. The molecule has 0 aliphatic carbocycles. The minimum Gasteiger partial charge on any atom is -0.474 e. The van der Waals surface area contributed by atoms with E-state index in [4.69, 9.17) is 98.7 Å². The molecular formula is C96H104F4N20O20. The summed E-state index contributed by atoms with van der Waals surface area (Å²) in [5.74, 6) is 0.678. The van der Waals surface area contributed by atoms with Gasteiger partial charge in [0, 0.05) is 196 Å². The lowest BCUT2D eigenvalue weighted by Crippen LogP contribution is -2.42. The first kappa shape index (κ1) is 96.9. The van der Waals surface area contributed by atoms with E-state index in [1.54, 1.807) is 102 Å². The Bertz CT molecular complexity index is 5940. The van der Waals surface area contributed by atoms with Crippen molar-refractivity contribution < 1.29 is 113 Å². The quantitative estimate of drug-likeness (QED) is 0.0243. The van der Waals surface area contributed by atoms with E-state index in [9.17, 15) is 19.2 Å². The molecule has 0 saturated carbocycles. The molecule has 8 aromatic heterocycles. The van der Waals surface area contributed by atoms with Gasteiger partial charge in [-0.15, -0.1) is 0 Å². The monoisotopic (exact) mass is 1930 g/mol. The number of carbonyl (C=O) groups is 4. The minimum absolute atomic E-state index is 0.0365. The number of nitrogens with zero attached hydrogens (tertiary/aromatic N) is 8. The van der Waals surface area contributed by atoms with Crippen LogP contribution < -0.4 is 84.4 Å². The number of rotatable bonds is 16. The van der Waals surface area contributed by atoms with Crippen LogP contribution >= 0.6 is 0 Å².